The molecule has 0 atom stereocenters. The Balaban J connectivity index is 2.66. The molecule has 1 aliphatic rings. The molecule has 0 saturated heterocycles. The first-order valence-corrected chi connectivity index (χ1v) is 2.23. The van der Waals surface area contributed by atoms with E-state index >= 15 is 0 Å². The molecule has 0 aromatic carbocycles. The first-order valence-electron chi connectivity index (χ1n) is 2.23. The van der Waals surface area contributed by atoms with Gasteiger partial charge in [-0.15, -0.1) is 0 Å². The maximum Gasteiger partial charge on any atom is 0.162 e. The molecule has 1 aliphatic carbocycles. The van der Waals surface area contributed by atoms with Crippen molar-refractivity contribution in [2.75, 3.05) is 0 Å². The normalized spacial score (nSPS) is 16.9. The van der Waals surface area contributed by atoms with Crippen LogP contribution in [0.1, 0.15) is 6.42 Å². The maximum absolute atomic E-state index is 3.65. The van der Waals surface area contributed by atoms with Gasteiger partial charge in [-0.25, -0.2) is 0 Å². The highest BCUT2D eigenvalue weighted by Crippen LogP contribution is 2.01. The number of hydrogen-bond acceptors (Lipinski definition) is 0. The lowest BCUT2D eigenvalue weighted by atomic mass is 10.1. The van der Waals surface area contributed by atoms with Gasteiger partial charge in [0.2, 0.25) is 0 Å². The van der Waals surface area contributed by atoms with Gasteiger partial charge in [-0.05, 0) is 12.7 Å². The van der Waals surface area contributed by atoms with Crippen LogP contribution in [0.5, 0.6) is 0 Å². The van der Waals surface area contributed by atoms with E-state index in [-0.39, 0.29) is 0 Å². The second kappa shape index (κ2) is 1.72. The van der Waals surface area contributed by atoms with Crippen LogP contribution in [0.15, 0.2) is 24.3 Å². The Morgan fingerprint density at radius 2 is 2.71 bits per heavy atom. The van der Waals surface area contributed by atoms with Gasteiger partial charge in [-0.1, -0.05) is 0 Å². The molecule has 33 valence electrons. The van der Waals surface area contributed by atoms with Gasteiger partial charge < -0.3 is 0 Å². The second-order valence-corrected chi connectivity index (χ2v) is 1.43. The van der Waals surface area contributed by atoms with E-state index < -0.39 is 0 Å². The van der Waals surface area contributed by atoms with Gasteiger partial charge in [-0.3, -0.25) is 0 Å². The van der Waals surface area contributed by atoms with Crippen molar-refractivity contribution in [3.05, 3.63) is 36.5 Å². The van der Waals surface area contributed by atoms with Crippen molar-refractivity contribution in [3.8, 4) is 0 Å². The van der Waals surface area contributed by atoms with E-state index in [4.69, 9.17) is 0 Å². The van der Waals surface area contributed by atoms with Crippen molar-refractivity contribution < 1.29 is 0 Å². The van der Waals surface area contributed by atoms with E-state index in [1.54, 1.807) is 0 Å². The van der Waals surface area contributed by atoms with E-state index in [9.17, 15) is 0 Å². The third-order valence-electron chi connectivity index (χ3n) is 0.784. The molecule has 0 aliphatic heterocycles. The molecule has 7 heavy (non-hydrogen) atoms. The molecule has 0 aromatic heterocycles. The molecule has 0 spiro atoms. The molecule has 0 amide bonds. The fourth-order valence-corrected chi connectivity index (χ4v) is 0.465. The average Bonchev–Trinajstić information content (AvgIpc) is 1.69. The van der Waals surface area contributed by atoms with Crippen molar-refractivity contribution in [2.24, 2.45) is 0 Å². The Morgan fingerprint density at radius 1 is 1.86 bits per heavy atom. The van der Waals surface area contributed by atoms with Crippen LogP contribution in [0.2, 0.25) is 0 Å². The highest BCUT2D eigenvalue weighted by atomic mass is 13.9. The van der Waals surface area contributed by atoms with Crippen LogP contribution in [-0.2, 0) is 0 Å². The number of rotatable bonds is 0. The Hall–Kier alpha value is -0.870. The molecule has 0 unspecified atom stereocenters. The lowest BCUT2D eigenvalue weighted by Gasteiger charge is -1.78. The van der Waals surface area contributed by atoms with Crippen molar-refractivity contribution in [2.45, 2.75) is 6.42 Å². The van der Waals surface area contributed by atoms with Crippen molar-refractivity contribution in [3.63, 3.8) is 0 Å². The maximum atomic E-state index is 3.65. The molecule has 0 bridgehead atoms. The standard InChI is InChI=1S/C7H6/c1-7-5-3-2-4-6-7/h3,6H,1-2H2/q+1. The second-order valence-electron chi connectivity index (χ2n) is 1.43. The van der Waals surface area contributed by atoms with Crippen molar-refractivity contribution in [1.82, 2.24) is 0 Å². The summed E-state index contributed by atoms with van der Waals surface area (Å²) in [6.07, 6.45) is 10.6. The van der Waals surface area contributed by atoms with Crippen LogP contribution in [-0.4, -0.2) is 0 Å². The van der Waals surface area contributed by atoms with E-state index in [0.29, 0.717) is 0 Å². The lowest BCUT2D eigenvalue weighted by Crippen LogP contribution is -1.74. The fraction of sp³-hybridized carbons (Fsp3) is 0.143. The van der Waals surface area contributed by atoms with E-state index in [0.717, 1.165) is 12.0 Å². The summed E-state index contributed by atoms with van der Waals surface area (Å²) in [5.74, 6) is 0. The SMILES string of the molecule is C=C1[C]=CC[C+]=C1. The molecule has 0 heteroatoms. The zero-order chi connectivity index (χ0) is 5.11. The smallest absolute Gasteiger partial charge is 0.0215 e. The summed E-state index contributed by atoms with van der Waals surface area (Å²) < 4.78 is 0. The first-order chi connectivity index (χ1) is 3.39. The van der Waals surface area contributed by atoms with Crippen LogP contribution in [0.25, 0.3) is 0 Å². The molecule has 1 rings (SSSR count). The highest BCUT2D eigenvalue weighted by Gasteiger charge is 1.97. The van der Waals surface area contributed by atoms with Gasteiger partial charge in [0.1, 0.15) is 12.0 Å². The Morgan fingerprint density at radius 3 is 3.00 bits per heavy atom. The zero-order valence-corrected chi connectivity index (χ0v) is 4.07. The average molecular weight is 90.1 g/mol. The minimum atomic E-state index is 0.888. The Bertz CT molecular complexity index is 113. The summed E-state index contributed by atoms with van der Waals surface area (Å²) in [5.41, 5.74) is 0.922. The topological polar surface area (TPSA) is 0 Å². The quantitative estimate of drug-likeness (QED) is 0.397. The van der Waals surface area contributed by atoms with Gasteiger partial charge in [0.05, 0.1) is 12.2 Å². The van der Waals surface area contributed by atoms with Crippen molar-refractivity contribution >= 4 is 0 Å². The third-order valence-corrected chi connectivity index (χ3v) is 0.784. The largest absolute Gasteiger partial charge is 0.162 e. The number of allylic oxidation sites excluding steroid dienone is 5. The van der Waals surface area contributed by atoms with Crippen molar-refractivity contribution in [1.29, 1.82) is 0 Å². The van der Waals surface area contributed by atoms with Crippen LogP contribution < -0.4 is 0 Å². The Labute approximate surface area is 43.9 Å². The third kappa shape index (κ3) is 0.989. The molecule has 0 saturated carbocycles. The summed E-state index contributed by atoms with van der Waals surface area (Å²) in [5, 5.41) is 0. The van der Waals surface area contributed by atoms with Crippen LogP contribution in [0, 0.1) is 12.2 Å². The summed E-state index contributed by atoms with van der Waals surface area (Å²) in [6, 6.07) is 0. The van der Waals surface area contributed by atoms with Gasteiger partial charge in [-0.2, -0.15) is 0 Å². The minimum absolute atomic E-state index is 0.888. The molecular formula is C7H6+. The summed E-state index contributed by atoms with van der Waals surface area (Å²) in [6.45, 7) is 3.65. The van der Waals surface area contributed by atoms with E-state index in [1.165, 1.54) is 0 Å². The molecule has 0 N–H and O–H groups in total. The molecule has 0 nitrogen and oxygen atoms in total. The van der Waals surface area contributed by atoms with Crippen LogP contribution >= 0.6 is 0 Å². The van der Waals surface area contributed by atoms with E-state index in [2.05, 4.69) is 18.7 Å². The first kappa shape index (κ1) is 4.29. The Kier molecular flexibility index (Phi) is 1.06. The number of hydrogen-bond donors (Lipinski definition) is 0. The minimum Gasteiger partial charge on any atom is -0.0215 e. The highest BCUT2D eigenvalue weighted by molar-refractivity contribution is 5.24. The molecule has 0 fully saturated rings. The summed E-state index contributed by atoms with van der Waals surface area (Å²) >= 11 is 0. The molecule has 0 heterocycles. The van der Waals surface area contributed by atoms with Gasteiger partial charge in [0, 0.05) is 0 Å². The lowest BCUT2D eigenvalue weighted by molar-refractivity contribution is 1.28. The van der Waals surface area contributed by atoms with E-state index in [1.807, 2.05) is 12.2 Å². The summed E-state index contributed by atoms with van der Waals surface area (Å²) in [4.78, 5) is 0. The monoisotopic (exact) mass is 90.0 g/mol. The fourth-order valence-electron chi connectivity index (χ4n) is 0.465. The van der Waals surface area contributed by atoms with Crippen LogP contribution in [0.4, 0.5) is 0 Å². The predicted molar refractivity (Wildman–Crippen MR) is 29.4 cm³/mol. The van der Waals surface area contributed by atoms with Crippen LogP contribution in [0.3, 0.4) is 0 Å². The molecule has 0 aromatic rings. The van der Waals surface area contributed by atoms with Gasteiger partial charge in [0.15, 0.2) is 6.08 Å². The zero-order valence-electron chi connectivity index (χ0n) is 4.07. The summed E-state index contributed by atoms with van der Waals surface area (Å²) in [7, 11) is 0. The molecular weight excluding hydrogens is 84.1 g/mol. The van der Waals surface area contributed by atoms with Gasteiger partial charge in [0.25, 0.3) is 0 Å². The van der Waals surface area contributed by atoms with Gasteiger partial charge >= 0.3 is 0 Å². The molecule has 1 radical (unpaired) electrons. The predicted octanol–water partition coefficient (Wildman–Crippen LogP) is 1.67.